The van der Waals surface area contributed by atoms with Gasteiger partial charge < -0.3 is 15.1 Å². The number of hydrogen-bond donors (Lipinski definition) is 1. The summed E-state index contributed by atoms with van der Waals surface area (Å²) in [5, 5.41) is 2.88. The molecule has 2 heterocycles. The van der Waals surface area contributed by atoms with Crippen LogP contribution in [-0.2, 0) is 4.79 Å². The maximum Gasteiger partial charge on any atom is 0.236 e. The first-order valence-electron chi connectivity index (χ1n) is 5.75. The number of carbonyl (C=O) groups is 1. The molecular weight excluding hydrogens is 218 g/mol. The van der Waals surface area contributed by atoms with E-state index in [1.54, 1.807) is 25.5 Å². The minimum atomic E-state index is 0.154. The lowest BCUT2D eigenvalue weighted by Crippen LogP contribution is -2.51. The quantitative estimate of drug-likeness (QED) is 0.754. The second-order valence-electron chi connectivity index (χ2n) is 3.95. The van der Waals surface area contributed by atoms with Crippen LogP contribution in [0.1, 0.15) is 0 Å². The first-order valence-corrected chi connectivity index (χ1v) is 5.75. The number of amides is 1. The smallest absolute Gasteiger partial charge is 0.236 e. The molecule has 1 aromatic rings. The molecule has 0 saturated carbocycles. The molecule has 1 aliphatic heterocycles. The second-order valence-corrected chi connectivity index (χ2v) is 3.95. The Morgan fingerprint density at radius 1 is 1.29 bits per heavy atom. The average molecular weight is 235 g/mol. The number of nitrogens with zero attached hydrogens (tertiary/aromatic N) is 4. The second kappa shape index (κ2) is 5.58. The van der Waals surface area contributed by atoms with Crippen molar-refractivity contribution < 1.29 is 4.79 Å². The molecule has 1 aliphatic rings. The van der Waals surface area contributed by atoms with Crippen LogP contribution in [-0.4, -0.2) is 60.5 Å². The zero-order valence-corrected chi connectivity index (χ0v) is 9.96. The van der Waals surface area contributed by atoms with Gasteiger partial charge in [0.25, 0.3) is 0 Å². The predicted molar refractivity (Wildman–Crippen MR) is 64.8 cm³/mol. The van der Waals surface area contributed by atoms with Crippen molar-refractivity contribution in [3.63, 3.8) is 0 Å². The highest BCUT2D eigenvalue weighted by Crippen LogP contribution is 2.09. The van der Waals surface area contributed by atoms with Crippen molar-refractivity contribution in [1.29, 1.82) is 0 Å². The highest BCUT2D eigenvalue weighted by atomic mass is 16.2. The lowest BCUT2D eigenvalue weighted by atomic mass is 10.3. The van der Waals surface area contributed by atoms with Gasteiger partial charge in [-0.25, -0.2) is 9.97 Å². The van der Waals surface area contributed by atoms with Crippen molar-refractivity contribution in [3.05, 3.63) is 18.5 Å². The fourth-order valence-electron chi connectivity index (χ4n) is 1.87. The van der Waals surface area contributed by atoms with E-state index in [2.05, 4.69) is 20.2 Å². The van der Waals surface area contributed by atoms with Crippen LogP contribution in [0.3, 0.4) is 0 Å². The summed E-state index contributed by atoms with van der Waals surface area (Å²) in [6.45, 7) is 3.46. The van der Waals surface area contributed by atoms with Gasteiger partial charge >= 0.3 is 0 Å². The minimum absolute atomic E-state index is 0.154. The molecule has 6 heteroatoms. The molecule has 1 fully saturated rings. The van der Waals surface area contributed by atoms with Crippen LogP contribution in [0.4, 0.5) is 5.95 Å². The number of piperazine rings is 1. The lowest BCUT2D eigenvalue weighted by molar-refractivity contribution is -0.130. The molecule has 0 bridgehead atoms. The summed E-state index contributed by atoms with van der Waals surface area (Å²) in [6, 6.07) is 1.80. The highest BCUT2D eigenvalue weighted by molar-refractivity contribution is 5.78. The standard InChI is InChI=1S/C11H17N5O/c1-12-9-10(17)15-5-7-16(8-6-15)11-13-3-2-4-14-11/h2-4,12H,5-9H2,1H3. The molecular formula is C11H17N5O. The molecule has 0 unspecified atom stereocenters. The van der Waals surface area contributed by atoms with E-state index in [0.717, 1.165) is 32.1 Å². The molecule has 1 aromatic heterocycles. The monoisotopic (exact) mass is 235 g/mol. The summed E-state index contributed by atoms with van der Waals surface area (Å²) >= 11 is 0. The third-order valence-electron chi connectivity index (χ3n) is 2.80. The summed E-state index contributed by atoms with van der Waals surface area (Å²) in [6.07, 6.45) is 3.47. The van der Waals surface area contributed by atoms with Crippen molar-refractivity contribution in [3.8, 4) is 0 Å². The van der Waals surface area contributed by atoms with Crippen molar-refractivity contribution in [2.75, 3.05) is 44.7 Å². The molecule has 1 N–H and O–H groups in total. The van der Waals surface area contributed by atoms with E-state index < -0.39 is 0 Å². The Bertz CT molecular complexity index is 361. The molecule has 92 valence electrons. The Labute approximate surface area is 101 Å². The van der Waals surface area contributed by atoms with E-state index >= 15 is 0 Å². The van der Waals surface area contributed by atoms with Crippen LogP contribution in [0.15, 0.2) is 18.5 Å². The number of carbonyl (C=O) groups excluding carboxylic acids is 1. The first-order chi connectivity index (χ1) is 8.31. The minimum Gasteiger partial charge on any atom is -0.338 e. The molecule has 0 atom stereocenters. The molecule has 1 saturated heterocycles. The maximum atomic E-state index is 11.7. The summed E-state index contributed by atoms with van der Waals surface area (Å²) in [5.41, 5.74) is 0. The van der Waals surface area contributed by atoms with Gasteiger partial charge in [0, 0.05) is 38.6 Å². The number of rotatable bonds is 3. The lowest BCUT2D eigenvalue weighted by Gasteiger charge is -2.34. The van der Waals surface area contributed by atoms with Crippen LogP contribution >= 0.6 is 0 Å². The summed E-state index contributed by atoms with van der Waals surface area (Å²) in [5.74, 6) is 0.898. The average Bonchev–Trinajstić information content (AvgIpc) is 2.40. The van der Waals surface area contributed by atoms with Gasteiger partial charge in [0.15, 0.2) is 0 Å². The van der Waals surface area contributed by atoms with Crippen molar-refractivity contribution in [2.24, 2.45) is 0 Å². The third-order valence-corrected chi connectivity index (χ3v) is 2.80. The van der Waals surface area contributed by atoms with Crippen molar-refractivity contribution >= 4 is 11.9 Å². The molecule has 0 aromatic carbocycles. The molecule has 6 nitrogen and oxygen atoms in total. The fraction of sp³-hybridized carbons (Fsp3) is 0.545. The molecule has 2 rings (SSSR count). The van der Waals surface area contributed by atoms with Crippen LogP contribution in [0.5, 0.6) is 0 Å². The summed E-state index contributed by atoms with van der Waals surface area (Å²) < 4.78 is 0. The molecule has 0 radical (unpaired) electrons. The topological polar surface area (TPSA) is 61.4 Å². The van der Waals surface area contributed by atoms with E-state index in [1.807, 2.05) is 4.90 Å². The van der Waals surface area contributed by atoms with E-state index in [-0.39, 0.29) is 5.91 Å². The summed E-state index contributed by atoms with van der Waals surface area (Å²) in [7, 11) is 1.78. The van der Waals surface area contributed by atoms with Crippen molar-refractivity contribution in [1.82, 2.24) is 20.2 Å². The van der Waals surface area contributed by atoms with Crippen LogP contribution in [0, 0.1) is 0 Å². The molecule has 0 aliphatic carbocycles. The first kappa shape index (κ1) is 11.8. The van der Waals surface area contributed by atoms with Gasteiger partial charge in [0.1, 0.15) is 0 Å². The van der Waals surface area contributed by atoms with Crippen LogP contribution in [0.2, 0.25) is 0 Å². The number of nitrogens with one attached hydrogen (secondary N) is 1. The normalized spacial score (nSPS) is 16.1. The van der Waals surface area contributed by atoms with Gasteiger partial charge in [0.05, 0.1) is 6.54 Å². The van der Waals surface area contributed by atoms with Gasteiger partial charge in [-0.05, 0) is 13.1 Å². The van der Waals surface area contributed by atoms with E-state index in [1.165, 1.54) is 0 Å². The van der Waals surface area contributed by atoms with Gasteiger partial charge in [-0.3, -0.25) is 4.79 Å². The van der Waals surface area contributed by atoms with Gasteiger partial charge in [0.2, 0.25) is 11.9 Å². The number of anilines is 1. The van der Waals surface area contributed by atoms with Crippen molar-refractivity contribution in [2.45, 2.75) is 0 Å². The number of aromatic nitrogens is 2. The highest BCUT2D eigenvalue weighted by Gasteiger charge is 2.21. The number of hydrogen-bond acceptors (Lipinski definition) is 5. The Kier molecular flexibility index (Phi) is 3.87. The van der Waals surface area contributed by atoms with E-state index in [9.17, 15) is 4.79 Å². The Hall–Kier alpha value is -1.69. The maximum absolute atomic E-state index is 11.7. The zero-order valence-electron chi connectivity index (χ0n) is 9.96. The predicted octanol–water partition coefficient (Wildman–Crippen LogP) is -0.655. The van der Waals surface area contributed by atoms with E-state index in [0.29, 0.717) is 6.54 Å². The Morgan fingerprint density at radius 3 is 2.53 bits per heavy atom. The summed E-state index contributed by atoms with van der Waals surface area (Å²) in [4.78, 5) is 24.0. The van der Waals surface area contributed by atoms with Crippen LogP contribution in [0.25, 0.3) is 0 Å². The molecule has 0 spiro atoms. The Balaban J connectivity index is 1.88. The largest absolute Gasteiger partial charge is 0.338 e. The zero-order chi connectivity index (χ0) is 12.1. The molecule has 1 amide bonds. The van der Waals surface area contributed by atoms with Gasteiger partial charge in [-0.1, -0.05) is 0 Å². The third kappa shape index (κ3) is 2.91. The van der Waals surface area contributed by atoms with Gasteiger partial charge in [-0.2, -0.15) is 0 Å². The van der Waals surface area contributed by atoms with Gasteiger partial charge in [-0.15, -0.1) is 0 Å². The van der Waals surface area contributed by atoms with E-state index in [4.69, 9.17) is 0 Å². The fourth-order valence-corrected chi connectivity index (χ4v) is 1.87. The number of likely N-dealkylation sites (N-methyl/N-ethyl adjacent to an activating group) is 1. The van der Waals surface area contributed by atoms with Crippen LogP contribution < -0.4 is 10.2 Å². The SMILES string of the molecule is CNCC(=O)N1CCN(c2ncccn2)CC1. The Morgan fingerprint density at radius 2 is 1.94 bits per heavy atom. The molecule has 17 heavy (non-hydrogen) atoms.